The standard InChI is InChI=1S/C24H32N2O3/c1-25(2)21-13-12-20(18-27)16-26(17-21)24(28)22-10-6-7-11-23(22)29-15-14-19-8-4-3-5-9-19/h3-11,20-21,27H,12-18H2,1-2H3/t20-,21+/m0/s1. The summed E-state index contributed by atoms with van der Waals surface area (Å²) in [5.74, 6) is 0.724. The first kappa shape index (κ1) is 21.3. The van der Waals surface area contributed by atoms with E-state index in [2.05, 4.69) is 17.0 Å². The largest absolute Gasteiger partial charge is 0.492 e. The van der Waals surface area contributed by atoms with Crippen molar-refractivity contribution in [2.75, 3.05) is 40.4 Å². The minimum atomic E-state index is -0.0208. The maximum Gasteiger partial charge on any atom is 0.257 e. The summed E-state index contributed by atoms with van der Waals surface area (Å²) in [5, 5.41) is 9.71. The number of amides is 1. The Kier molecular flexibility index (Phi) is 7.67. The second-order valence-electron chi connectivity index (χ2n) is 8.03. The second-order valence-corrected chi connectivity index (χ2v) is 8.03. The molecule has 156 valence electrons. The molecule has 5 heteroatoms. The molecule has 2 aromatic carbocycles. The van der Waals surface area contributed by atoms with Crippen molar-refractivity contribution in [2.45, 2.75) is 25.3 Å². The Balaban J connectivity index is 1.72. The molecule has 0 aliphatic carbocycles. The third-order valence-corrected chi connectivity index (χ3v) is 5.70. The first-order chi connectivity index (χ1) is 14.1. The van der Waals surface area contributed by atoms with Crippen LogP contribution in [0.3, 0.4) is 0 Å². The molecule has 1 aliphatic rings. The van der Waals surface area contributed by atoms with E-state index in [-0.39, 0.29) is 18.4 Å². The molecule has 29 heavy (non-hydrogen) atoms. The minimum Gasteiger partial charge on any atom is -0.492 e. The van der Waals surface area contributed by atoms with E-state index in [0.29, 0.717) is 37.1 Å². The van der Waals surface area contributed by atoms with E-state index in [1.165, 1.54) is 5.56 Å². The molecule has 1 heterocycles. The molecule has 5 nitrogen and oxygen atoms in total. The lowest BCUT2D eigenvalue weighted by atomic mass is 10.0. The fourth-order valence-corrected chi connectivity index (χ4v) is 3.85. The molecular weight excluding hydrogens is 364 g/mol. The highest BCUT2D eigenvalue weighted by Crippen LogP contribution is 2.25. The Labute approximate surface area is 173 Å². The number of carbonyl (C=O) groups is 1. The summed E-state index contributed by atoms with van der Waals surface area (Å²) in [6.07, 6.45) is 2.71. The molecule has 0 unspecified atom stereocenters. The van der Waals surface area contributed by atoms with Gasteiger partial charge in [-0.3, -0.25) is 4.79 Å². The predicted molar refractivity (Wildman–Crippen MR) is 115 cm³/mol. The third kappa shape index (κ3) is 5.81. The number of aliphatic hydroxyl groups excluding tert-OH is 1. The molecule has 2 aromatic rings. The monoisotopic (exact) mass is 396 g/mol. The number of aliphatic hydroxyl groups is 1. The van der Waals surface area contributed by atoms with Crippen LogP contribution in [0.5, 0.6) is 5.75 Å². The molecule has 1 N–H and O–H groups in total. The van der Waals surface area contributed by atoms with E-state index in [1.54, 1.807) is 0 Å². The van der Waals surface area contributed by atoms with Crippen molar-refractivity contribution in [1.82, 2.24) is 9.80 Å². The average molecular weight is 397 g/mol. The smallest absolute Gasteiger partial charge is 0.257 e. The highest BCUT2D eigenvalue weighted by atomic mass is 16.5. The molecular formula is C24H32N2O3. The number of hydrogen-bond donors (Lipinski definition) is 1. The zero-order chi connectivity index (χ0) is 20.6. The molecule has 1 fully saturated rings. The first-order valence-corrected chi connectivity index (χ1v) is 10.4. The number of likely N-dealkylation sites (tertiary alicyclic amines) is 1. The Hall–Kier alpha value is -2.37. The maximum absolute atomic E-state index is 13.4. The Bertz CT molecular complexity index is 779. The van der Waals surface area contributed by atoms with Crippen LogP contribution < -0.4 is 4.74 Å². The van der Waals surface area contributed by atoms with Crippen molar-refractivity contribution < 1.29 is 14.6 Å². The predicted octanol–water partition coefficient (Wildman–Crippen LogP) is 3.08. The van der Waals surface area contributed by atoms with Crippen molar-refractivity contribution in [3.05, 3.63) is 65.7 Å². The molecule has 0 spiro atoms. The van der Waals surface area contributed by atoms with Gasteiger partial charge in [0.15, 0.2) is 0 Å². The van der Waals surface area contributed by atoms with Crippen molar-refractivity contribution in [3.8, 4) is 5.75 Å². The van der Waals surface area contributed by atoms with Gasteiger partial charge in [-0.1, -0.05) is 42.5 Å². The third-order valence-electron chi connectivity index (χ3n) is 5.70. The molecule has 0 bridgehead atoms. The van der Waals surface area contributed by atoms with Crippen LogP contribution in [0, 0.1) is 5.92 Å². The number of hydrogen-bond acceptors (Lipinski definition) is 4. The number of rotatable bonds is 7. The molecule has 0 saturated carbocycles. The van der Waals surface area contributed by atoms with Crippen LogP contribution in [0.15, 0.2) is 54.6 Å². The number of nitrogens with zero attached hydrogens (tertiary/aromatic N) is 2. The first-order valence-electron chi connectivity index (χ1n) is 10.4. The van der Waals surface area contributed by atoms with Crippen molar-refractivity contribution >= 4 is 5.91 Å². The molecule has 2 atom stereocenters. The number of benzene rings is 2. The molecule has 3 rings (SSSR count). The fourth-order valence-electron chi connectivity index (χ4n) is 3.85. The van der Waals surface area contributed by atoms with Gasteiger partial charge < -0.3 is 19.6 Å². The molecule has 0 radical (unpaired) electrons. The van der Waals surface area contributed by atoms with Gasteiger partial charge in [-0.25, -0.2) is 0 Å². The number of para-hydroxylation sites is 1. The summed E-state index contributed by atoms with van der Waals surface area (Å²) in [6, 6.07) is 18.0. The van der Waals surface area contributed by atoms with Crippen LogP contribution >= 0.6 is 0 Å². The molecule has 1 aliphatic heterocycles. The van der Waals surface area contributed by atoms with Gasteiger partial charge in [-0.05, 0) is 50.6 Å². The van der Waals surface area contributed by atoms with E-state index in [4.69, 9.17) is 4.74 Å². The summed E-state index contributed by atoms with van der Waals surface area (Å²) in [4.78, 5) is 17.4. The van der Waals surface area contributed by atoms with Gasteiger partial charge in [-0.2, -0.15) is 0 Å². The SMILES string of the molecule is CN(C)[C@@H]1CC[C@H](CO)CN(C(=O)c2ccccc2OCCc2ccccc2)C1. The minimum absolute atomic E-state index is 0.0208. The van der Waals surface area contributed by atoms with Crippen molar-refractivity contribution in [2.24, 2.45) is 5.92 Å². The number of carbonyl (C=O) groups excluding carboxylic acids is 1. The van der Waals surface area contributed by atoms with Crippen LogP contribution in [0.25, 0.3) is 0 Å². The summed E-state index contributed by atoms with van der Waals surface area (Å²) >= 11 is 0. The van der Waals surface area contributed by atoms with Gasteiger partial charge >= 0.3 is 0 Å². The lowest BCUT2D eigenvalue weighted by molar-refractivity contribution is 0.0685. The summed E-state index contributed by atoms with van der Waals surface area (Å²) < 4.78 is 6.00. The summed E-state index contributed by atoms with van der Waals surface area (Å²) in [5.41, 5.74) is 1.81. The van der Waals surface area contributed by atoms with Crippen molar-refractivity contribution in [1.29, 1.82) is 0 Å². The van der Waals surface area contributed by atoms with Gasteiger partial charge in [0, 0.05) is 32.2 Å². The van der Waals surface area contributed by atoms with Gasteiger partial charge in [-0.15, -0.1) is 0 Å². The van der Waals surface area contributed by atoms with Crippen LogP contribution in [0.4, 0.5) is 0 Å². The average Bonchev–Trinajstić information content (AvgIpc) is 2.97. The Morgan fingerprint density at radius 2 is 1.79 bits per heavy atom. The molecule has 0 aromatic heterocycles. The van der Waals surface area contributed by atoms with Crippen LogP contribution in [-0.2, 0) is 6.42 Å². The maximum atomic E-state index is 13.4. The van der Waals surface area contributed by atoms with E-state index >= 15 is 0 Å². The van der Waals surface area contributed by atoms with Crippen LogP contribution in [-0.4, -0.2) is 67.3 Å². The van der Waals surface area contributed by atoms with E-state index in [1.807, 2.05) is 61.5 Å². The normalized spacial score (nSPS) is 19.8. The fraction of sp³-hybridized carbons (Fsp3) is 0.458. The zero-order valence-corrected chi connectivity index (χ0v) is 17.5. The van der Waals surface area contributed by atoms with Crippen LogP contribution in [0.2, 0.25) is 0 Å². The molecule has 1 amide bonds. The molecule has 1 saturated heterocycles. The number of ether oxygens (including phenoxy) is 1. The highest BCUT2D eigenvalue weighted by molar-refractivity contribution is 5.97. The van der Waals surface area contributed by atoms with Crippen LogP contribution in [0.1, 0.15) is 28.8 Å². The highest BCUT2D eigenvalue weighted by Gasteiger charge is 2.29. The summed E-state index contributed by atoms with van der Waals surface area (Å²) in [7, 11) is 4.10. The Morgan fingerprint density at radius 3 is 2.52 bits per heavy atom. The van der Waals surface area contributed by atoms with Gasteiger partial charge in [0.25, 0.3) is 5.91 Å². The quantitative estimate of drug-likeness (QED) is 0.782. The van der Waals surface area contributed by atoms with Gasteiger partial charge in [0.2, 0.25) is 0 Å². The van der Waals surface area contributed by atoms with E-state index in [0.717, 1.165) is 19.3 Å². The Morgan fingerprint density at radius 1 is 1.07 bits per heavy atom. The lowest BCUT2D eigenvalue weighted by Gasteiger charge is -2.29. The number of likely N-dealkylation sites (N-methyl/N-ethyl adjacent to an activating group) is 1. The van der Waals surface area contributed by atoms with Gasteiger partial charge in [0.05, 0.1) is 12.2 Å². The van der Waals surface area contributed by atoms with Crippen molar-refractivity contribution in [3.63, 3.8) is 0 Å². The lowest BCUT2D eigenvalue weighted by Crippen LogP contribution is -2.43. The summed E-state index contributed by atoms with van der Waals surface area (Å²) in [6.45, 7) is 1.88. The van der Waals surface area contributed by atoms with Gasteiger partial charge in [0.1, 0.15) is 5.75 Å². The zero-order valence-electron chi connectivity index (χ0n) is 17.5. The van der Waals surface area contributed by atoms with E-state index in [9.17, 15) is 9.90 Å². The topological polar surface area (TPSA) is 53.0 Å². The second kappa shape index (κ2) is 10.4. The van der Waals surface area contributed by atoms with E-state index < -0.39 is 0 Å².